The number of imide groups is 1. The number of carbonyl (C=O) groups is 3. The van der Waals surface area contributed by atoms with Gasteiger partial charge in [-0.2, -0.15) is 0 Å². The molecule has 2 amide bonds. The van der Waals surface area contributed by atoms with E-state index in [1.165, 1.54) is 11.8 Å². The molecule has 1 aliphatic heterocycles. The number of hydrogen-bond acceptors (Lipinski definition) is 4. The van der Waals surface area contributed by atoms with Gasteiger partial charge in [-0.25, -0.2) is 9.69 Å². The van der Waals surface area contributed by atoms with Crippen molar-refractivity contribution in [3.05, 3.63) is 35.9 Å². The zero-order valence-corrected chi connectivity index (χ0v) is 12.1. The fourth-order valence-corrected chi connectivity index (χ4v) is 2.41. The van der Waals surface area contributed by atoms with Crippen LogP contribution in [0.15, 0.2) is 30.3 Å². The van der Waals surface area contributed by atoms with Gasteiger partial charge in [-0.05, 0) is 25.3 Å². The summed E-state index contributed by atoms with van der Waals surface area (Å²) in [5.74, 6) is -0.215. The molecule has 1 fully saturated rings. The van der Waals surface area contributed by atoms with Gasteiger partial charge in [0.05, 0.1) is 6.04 Å². The molecule has 5 nitrogen and oxygen atoms in total. The Morgan fingerprint density at radius 3 is 2.62 bits per heavy atom. The SMILES string of the molecule is CC(=O)CCCC(=O)N1C(=O)OC[C@@H]1Cc1ccccc1. The molecule has 0 bridgehead atoms. The molecule has 0 N–H and O–H groups in total. The molecule has 1 saturated heterocycles. The lowest BCUT2D eigenvalue weighted by Crippen LogP contribution is -2.40. The highest BCUT2D eigenvalue weighted by Gasteiger charge is 2.37. The van der Waals surface area contributed by atoms with E-state index in [1.807, 2.05) is 30.3 Å². The van der Waals surface area contributed by atoms with Gasteiger partial charge in [0.25, 0.3) is 0 Å². The van der Waals surface area contributed by atoms with Crippen LogP contribution in [-0.4, -0.2) is 35.3 Å². The normalized spacial score (nSPS) is 17.7. The molecule has 21 heavy (non-hydrogen) atoms. The minimum Gasteiger partial charge on any atom is -0.447 e. The molecule has 0 aliphatic carbocycles. The second kappa shape index (κ2) is 7.02. The Labute approximate surface area is 123 Å². The second-order valence-electron chi connectivity index (χ2n) is 5.24. The van der Waals surface area contributed by atoms with E-state index in [0.717, 1.165) is 5.56 Å². The van der Waals surface area contributed by atoms with Crippen LogP contribution in [0.3, 0.4) is 0 Å². The van der Waals surface area contributed by atoms with Crippen LogP contribution in [0.5, 0.6) is 0 Å². The van der Waals surface area contributed by atoms with Crippen molar-refractivity contribution >= 4 is 17.8 Å². The summed E-state index contributed by atoms with van der Waals surface area (Å²) in [6.45, 7) is 1.72. The Kier molecular flexibility index (Phi) is 5.09. The number of amides is 2. The van der Waals surface area contributed by atoms with Crippen molar-refractivity contribution in [3.63, 3.8) is 0 Å². The first-order chi connectivity index (χ1) is 10.1. The van der Waals surface area contributed by atoms with Crippen LogP contribution in [0.1, 0.15) is 31.7 Å². The molecule has 0 saturated carbocycles. The van der Waals surface area contributed by atoms with Gasteiger partial charge in [0.2, 0.25) is 5.91 Å². The van der Waals surface area contributed by atoms with E-state index in [0.29, 0.717) is 19.3 Å². The average molecular weight is 289 g/mol. The van der Waals surface area contributed by atoms with E-state index in [4.69, 9.17) is 4.74 Å². The van der Waals surface area contributed by atoms with E-state index >= 15 is 0 Å². The fraction of sp³-hybridized carbons (Fsp3) is 0.438. The monoisotopic (exact) mass is 289 g/mol. The van der Waals surface area contributed by atoms with Gasteiger partial charge >= 0.3 is 6.09 Å². The summed E-state index contributed by atoms with van der Waals surface area (Å²) in [7, 11) is 0. The third-order valence-electron chi connectivity index (χ3n) is 3.46. The number of rotatable bonds is 6. The molecule has 0 spiro atoms. The minimum atomic E-state index is -0.580. The third kappa shape index (κ3) is 4.15. The largest absolute Gasteiger partial charge is 0.447 e. The van der Waals surface area contributed by atoms with Gasteiger partial charge in [0.1, 0.15) is 12.4 Å². The molecular weight excluding hydrogens is 270 g/mol. The van der Waals surface area contributed by atoms with Gasteiger partial charge < -0.3 is 9.53 Å². The number of benzene rings is 1. The topological polar surface area (TPSA) is 63.7 Å². The van der Waals surface area contributed by atoms with Crippen LogP contribution in [0.25, 0.3) is 0 Å². The smallest absolute Gasteiger partial charge is 0.416 e. The molecule has 1 aliphatic rings. The lowest BCUT2D eigenvalue weighted by molar-refractivity contribution is -0.129. The summed E-state index contributed by atoms with van der Waals surface area (Å²) in [5, 5.41) is 0. The van der Waals surface area contributed by atoms with E-state index < -0.39 is 6.09 Å². The molecule has 1 heterocycles. The van der Waals surface area contributed by atoms with Gasteiger partial charge in [-0.1, -0.05) is 30.3 Å². The van der Waals surface area contributed by atoms with Crippen molar-refractivity contribution in [3.8, 4) is 0 Å². The maximum atomic E-state index is 12.2. The van der Waals surface area contributed by atoms with Gasteiger partial charge in [0, 0.05) is 12.8 Å². The Balaban J connectivity index is 1.96. The number of Topliss-reactive ketones (excluding diaryl/α,β-unsaturated/α-hetero) is 1. The first-order valence-corrected chi connectivity index (χ1v) is 7.10. The van der Waals surface area contributed by atoms with Crippen molar-refractivity contribution in [2.24, 2.45) is 0 Å². The van der Waals surface area contributed by atoms with Crippen LogP contribution < -0.4 is 0 Å². The van der Waals surface area contributed by atoms with Crippen LogP contribution in [0.4, 0.5) is 4.79 Å². The highest BCUT2D eigenvalue weighted by molar-refractivity contribution is 5.93. The van der Waals surface area contributed by atoms with Crippen LogP contribution >= 0.6 is 0 Å². The molecule has 112 valence electrons. The predicted octanol–water partition coefficient (Wildman–Crippen LogP) is 2.34. The highest BCUT2D eigenvalue weighted by Crippen LogP contribution is 2.19. The Morgan fingerprint density at radius 2 is 1.95 bits per heavy atom. The summed E-state index contributed by atoms with van der Waals surface area (Å²) in [6, 6.07) is 9.43. The minimum absolute atomic E-state index is 0.0487. The summed E-state index contributed by atoms with van der Waals surface area (Å²) >= 11 is 0. The fourth-order valence-electron chi connectivity index (χ4n) is 2.41. The summed E-state index contributed by atoms with van der Waals surface area (Å²) in [5.41, 5.74) is 1.06. The average Bonchev–Trinajstić information content (AvgIpc) is 2.80. The zero-order chi connectivity index (χ0) is 15.2. The molecular formula is C16H19NO4. The standard InChI is InChI=1S/C16H19NO4/c1-12(18)6-5-9-15(19)17-14(11-21-16(17)20)10-13-7-3-2-4-8-13/h2-4,7-8,14H,5-6,9-11H2,1H3/t14-/m0/s1. The molecule has 1 atom stereocenters. The maximum absolute atomic E-state index is 12.2. The first kappa shape index (κ1) is 15.2. The van der Waals surface area contributed by atoms with E-state index in [1.54, 1.807) is 0 Å². The van der Waals surface area contributed by atoms with Crippen LogP contribution in [-0.2, 0) is 20.7 Å². The lowest BCUT2D eigenvalue weighted by Gasteiger charge is -2.19. The number of hydrogen-bond donors (Lipinski definition) is 0. The Hall–Kier alpha value is -2.17. The quantitative estimate of drug-likeness (QED) is 0.806. The summed E-state index contributed by atoms with van der Waals surface area (Å²) in [4.78, 5) is 36.0. The molecule has 5 heteroatoms. The van der Waals surface area contributed by atoms with Crippen LogP contribution in [0.2, 0.25) is 0 Å². The first-order valence-electron chi connectivity index (χ1n) is 7.10. The van der Waals surface area contributed by atoms with Crippen molar-refractivity contribution in [1.82, 2.24) is 4.90 Å². The lowest BCUT2D eigenvalue weighted by atomic mass is 10.1. The highest BCUT2D eigenvalue weighted by atomic mass is 16.6. The number of ether oxygens (including phenoxy) is 1. The molecule has 0 aromatic heterocycles. The number of cyclic esters (lactones) is 1. The number of ketones is 1. The van der Waals surface area contributed by atoms with E-state index in [-0.39, 0.29) is 30.8 Å². The van der Waals surface area contributed by atoms with Crippen molar-refractivity contribution < 1.29 is 19.1 Å². The molecule has 0 radical (unpaired) electrons. The molecule has 2 rings (SSSR count). The van der Waals surface area contributed by atoms with Crippen molar-refractivity contribution in [2.45, 2.75) is 38.6 Å². The Morgan fingerprint density at radius 1 is 1.24 bits per heavy atom. The third-order valence-corrected chi connectivity index (χ3v) is 3.46. The van der Waals surface area contributed by atoms with Gasteiger partial charge in [-0.3, -0.25) is 4.79 Å². The second-order valence-corrected chi connectivity index (χ2v) is 5.24. The number of carbonyl (C=O) groups excluding carboxylic acids is 3. The molecule has 0 unspecified atom stereocenters. The van der Waals surface area contributed by atoms with E-state index in [2.05, 4.69) is 0 Å². The van der Waals surface area contributed by atoms with Gasteiger partial charge in [0.15, 0.2) is 0 Å². The summed E-state index contributed by atoms with van der Waals surface area (Å²) < 4.78 is 5.00. The van der Waals surface area contributed by atoms with Gasteiger partial charge in [-0.15, -0.1) is 0 Å². The van der Waals surface area contributed by atoms with Crippen molar-refractivity contribution in [1.29, 1.82) is 0 Å². The summed E-state index contributed by atoms with van der Waals surface area (Å²) in [6.07, 6.45) is 1.03. The molecule has 1 aromatic carbocycles. The predicted molar refractivity (Wildman–Crippen MR) is 76.7 cm³/mol. The maximum Gasteiger partial charge on any atom is 0.416 e. The van der Waals surface area contributed by atoms with Crippen LogP contribution in [0, 0.1) is 0 Å². The Bertz CT molecular complexity index is 526. The zero-order valence-electron chi connectivity index (χ0n) is 12.1. The molecule has 1 aromatic rings. The van der Waals surface area contributed by atoms with Crippen molar-refractivity contribution in [2.75, 3.05) is 6.61 Å². The van der Waals surface area contributed by atoms with E-state index in [9.17, 15) is 14.4 Å². The number of nitrogens with zero attached hydrogens (tertiary/aromatic N) is 1.